The lowest BCUT2D eigenvalue weighted by Gasteiger charge is -2.29. The number of hydrogen-bond donors (Lipinski definition) is 2. The monoisotopic (exact) mass is 275 g/mol. The summed E-state index contributed by atoms with van der Waals surface area (Å²) in [7, 11) is 0. The molecule has 1 fully saturated rings. The lowest BCUT2D eigenvalue weighted by atomic mass is 9.95. The number of rotatable bonds is 6. The molecular weight excluding hydrogens is 246 g/mol. The minimum atomic E-state index is -0.400. The fourth-order valence-electron chi connectivity index (χ4n) is 2.21. The summed E-state index contributed by atoms with van der Waals surface area (Å²) in [5, 5.41) is 14.2. The summed E-state index contributed by atoms with van der Waals surface area (Å²) >= 11 is 1.99. The second-order valence-electron chi connectivity index (χ2n) is 6.19. The zero-order valence-electron chi connectivity index (χ0n) is 12.2. The van der Waals surface area contributed by atoms with Gasteiger partial charge in [0, 0.05) is 17.8 Å². The summed E-state index contributed by atoms with van der Waals surface area (Å²) in [6.07, 6.45) is 6.87. The van der Waals surface area contributed by atoms with Crippen molar-refractivity contribution in [2.24, 2.45) is 0 Å². The molecule has 0 aromatic heterocycles. The smallest absolute Gasteiger partial charge is 0.0898 e. The van der Waals surface area contributed by atoms with Crippen LogP contribution in [0.25, 0.3) is 0 Å². The van der Waals surface area contributed by atoms with Crippen molar-refractivity contribution < 1.29 is 9.84 Å². The van der Waals surface area contributed by atoms with Gasteiger partial charge in [0.25, 0.3) is 0 Å². The van der Waals surface area contributed by atoms with Crippen molar-refractivity contribution >= 4 is 11.8 Å². The maximum atomic E-state index is 9.85. The first-order chi connectivity index (χ1) is 8.40. The minimum absolute atomic E-state index is 0.169. The van der Waals surface area contributed by atoms with Gasteiger partial charge in [-0.15, -0.1) is 0 Å². The first kappa shape index (κ1) is 16.3. The van der Waals surface area contributed by atoms with Gasteiger partial charge in [0.2, 0.25) is 0 Å². The van der Waals surface area contributed by atoms with Crippen LogP contribution in [0.2, 0.25) is 0 Å². The number of aliphatic hydroxyl groups excluding tert-OH is 1. The van der Waals surface area contributed by atoms with Gasteiger partial charge in [0.1, 0.15) is 0 Å². The zero-order valence-corrected chi connectivity index (χ0v) is 13.1. The Kier molecular flexibility index (Phi) is 6.99. The molecular formula is C14H29NO2S. The standard InChI is InChI=1S/C14H29NO2S/c1-14(2,3)17-10-12(16)9-15-11-5-7-13(18-4)8-6-11/h11-13,15-16H,5-10H2,1-4H3. The molecule has 0 amide bonds. The van der Waals surface area contributed by atoms with Crippen LogP contribution >= 0.6 is 11.8 Å². The molecule has 0 aromatic rings. The van der Waals surface area contributed by atoms with Crippen LogP contribution in [0.4, 0.5) is 0 Å². The Balaban J connectivity index is 2.10. The number of nitrogens with one attached hydrogen (secondary N) is 1. The van der Waals surface area contributed by atoms with Gasteiger partial charge in [-0.3, -0.25) is 0 Å². The van der Waals surface area contributed by atoms with Crippen molar-refractivity contribution in [1.29, 1.82) is 0 Å². The first-order valence-electron chi connectivity index (χ1n) is 6.99. The van der Waals surface area contributed by atoms with Gasteiger partial charge < -0.3 is 15.2 Å². The highest BCUT2D eigenvalue weighted by Crippen LogP contribution is 2.26. The van der Waals surface area contributed by atoms with Crippen molar-refractivity contribution in [2.75, 3.05) is 19.4 Å². The van der Waals surface area contributed by atoms with Crippen molar-refractivity contribution in [3.63, 3.8) is 0 Å². The lowest BCUT2D eigenvalue weighted by Crippen LogP contribution is -2.40. The Morgan fingerprint density at radius 3 is 2.39 bits per heavy atom. The van der Waals surface area contributed by atoms with Crippen LogP contribution in [0.5, 0.6) is 0 Å². The molecule has 1 rings (SSSR count). The SMILES string of the molecule is CSC1CCC(NCC(O)COC(C)(C)C)CC1. The Morgan fingerprint density at radius 2 is 1.89 bits per heavy atom. The molecule has 0 radical (unpaired) electrons. The highest BCUT2D eigenvalue weighted by molar-refractivity contribution is 7.99. The third-order valence-electron chi connectivity index (χ3n) is 3.36. The summed E-state index contributed by atoms with van der Waals surface area (Å²) in [6.45, 7) is 7.09. The highest BCUT2D eigenvalue weighted by Gasteiger charge is 2.21. The van der Waals surface area contributed by atoms with E-state index < -0.39 is 6.10 Å². The molecule has 1 unspecified atom stereocenters. The van der Waals surface area contributed by atoms with Gasteiger partial charge in [-0.2, -0.15) is 11.8 Å². The second-order valence-corrected chi connectivity index (χ2v) is 7.33. The topological polar surface area (TPSA) is 41.5 Å². The summed E-state index contributed by atoms with van der Waals surface area (Å²) in [5.41, 5.74) is -0.169. The van der Waals surface area contributed by atoms with E-state index in [1.54, 1.807) is 0 Å². The molecule has 2 N–H and O–H groups in total. The van der Waals surface area contributed by atoms with Crippen LogP contribution in [0.15, 0.2) is 0 Å². The van der Waals surface area contributed by atoms with Gasteiger partial charge in [-0.25, -0.2) is 0 Å². The lowest BCUT2D eigenvalue weighted by molar-refractivity contribution is -0.0485. The Hall–Kier alpha value is 0.230. The fraction of sp³-hybridized carbons (Fsp3) is 1.00. The predicted molar refractivity (Wildman–Crippen MR) is 79.3 cm³/mol. The van der Waals surface area contributed by atoms with Gasteiger partial charge in [-0.05, 0) is 52.7 Å². The third kappa shape index (κ3) is 6.98. The van der Waals surface area contributed by atoms with Crippen molar-refractivity contribution in [2.45, 2.75) is 69.5 Å². The van der Waals surface area contributed by atoms with Gasteiger partial charge >= 0.3 is 0 Å². The molecule has 1 atom stereocenters. The second kappa shape index (κ2) is 7.73. The molecule has 0 aromatic carbocycles. The van der Waals surface area contributed by atoms with E-state index >= 15 is 0 Å². The quantitative estimate of drug-likeness (QED) is 0.781. The molecule has 1 aliphatic carbocycles. The Morgan fingerprint density at radius 1 is 1.28 bits per heavy atom. The van der Waals surface area contributed by atoms with Crippen LogP contribution in [0.1, 0.15) is 46.5 Å². The first-order valence-corrected chi connectivity index (χ1v) is 8.27. The molecule has 0 aliphatic heterocycles. The van der Waals surface area contributed by atoms with Crippen LogP contribution in [-0.4, -0.2) is 47.5 Å². The van der Waals surface area contributed by atoms with Crippen molar-refractivity contribution in [1.82, 2.24) is 5.32 Å². The maximum absolute atomic E-state index is 9.85. The van der Waals surface area contributed by atoms with E-state index in [1.807, 2.05) is 32.5 Å². The van der Waals surface area contributed by atoms with Gasteiger partial charge in [0.15, 0.2) is 0 Å². The number of thioether (sulfide) groups is 1. The van der Waals surface area contributed by atoms with E-state index in [4.69, 9.17) is 4.74 Å². The Bertz CT molecular complexity index is 222. The number of ether oxygens (including phenoxy) is 1. The normalized spacial score (nSPS) is 27.2. The zero-order chi connectivity index (χ0) is 13.6. The molecule has 108 valence electrons. The van der Waals surface area contributed by atoms with Crippen molar-refractivity contribution in [3.05, 3.63) is 0 Å². The van der Waals surface area contributed by atoms with E-state index in [-0.39, 0.29) is 5.60 Å². The van der Waals surface area contributed by atoms with E-state index in [9.17, 15) is 5.11 Å². The largest absolute Gasteiger partial charge is 0.389 e. The summed E-state index contributed by atoms with van der Waals surface area (Å²) in [5.74, 6) is 0. The molecule has 0 bridgehead atoms. The van der Waals surface area contributed by atoms with Crippen LogP contribution in [0.3, 0.4) is 0 Å². The van der Waals surface area contributed by atoms with Crippen LogP contribution < -0.4 is 5.32 Å². The molecule has 3 nitrogen and oxygen atoms in total. The summed E-state index contributed by atoms with van der Waals surface area (Å²) < 4.78 is 5.57. The fourth-order valence-corrected chi connectivity index (χ4v) is 2.95. The van der Waals surface area contributed by atoms with E-state index in [0.717, 1.165) is 5.25 Å². The molecule has 1 saturated carbocycles. The number of aliphatic hydroxyl groups is 1. The minimum Gasteiger partial charge on any atom is -0.389 e. The third-order valence-corrected chi connectivity index (χ3v) is 4.50. The van der Waals surface area contributed by atoms with E-state index in [2.05, 4.69) is 11.6 Å². The average molecular weight is 275 g/mol. The summed E-state index contributed by atoms with van der Waals surface area (Å²) in [6, 6.07) is 0.581. The van der Waals surface area contributed by atoms with Crippen LogP contribution in [0, 0.1) is 0 Å². The van der Waals surface area contributed by atoms with E-state index in [1.165, 1.54) is 25.7 Å². The molecule has 18 heavy (non-hydrogen) atoms. The predicted octanol–water partition coefficient (Wildman–Crippen LogP) is 2.43. The average Bonchev–Trinajstić information content (AvgIpc) is 2.33. The van der Waals surface area contributed by atoms with E-state index in [0.29, 0.717) is 19.2 Å². The van der Waals surface area contributed by atoms with Crippen LogP contribution in [-0.2, 0) is 4.74 Å². The molecule has 0 heterocycles. The van der Waals surface area contributed by atoms with Gasteiger partial charge in [-0.1, -0.05) is 0 Å². The molecule has 0 saturated heterocycles. The van der Waals surface area contributed by atoms with Crippen molar-refractivity contribution in [3.8, 4) is 0 Å². The summed E-state index contributed by atoms with van der Waals surface area (Å²) in [4.78, 5) is 0. The maximum Gasteiger partial charge on any atom is 0.0898 e. The molecule has 1 aliphatic rings. The molecule has 4 heteroatoms. The van der Waals surface area contributed by atoms with Gasteiger partial charge in [0.05, 0.1) is 18.3 Å². The highest BCUT2D eigenvalue weighted by atomic mass is 32.2. The Labute approximate surface area is 116 Å². The number of hydrogen-bond acceptors (Lipinski definition) is 4. The molecule has 0 spiro atoms.